The molecule has 3 N–H and O–H groups in total. The van der Waals surface area contributed by atoms with E-state index in [1.807, 2.05) is 24.3 Å². The van der Waals surface area contributed by atoms with Crippen LogP contribution in [-0.2, 0) is 49.7 Å². The molecule has 0 aromatic heterocycles. The number of anilines is 3. The van der Waals surface area contributed by atoms with Crippen LogP contribution in [0.2, 0.25) is 0 Å². The lowest BCUT2D eigenvalue weighted by Crippen LogP contribution is -2.51. The van der Waals surface area contributed by atoms with Gasteiger partial charge in [0.1, 0.15) is 11.4 Å². The number of aryl methyl sites for hydroxylation is 4. The van der Waals surface area contributed by atoms with Gasteiger partial charge in [0.05, 0.1) is 16.1 Å². The Morgan fingerprint density at radius 3 is 1.60 bits per heavy atom. The van der Waals surface area contributed by atoms with Gasteiger partial charge in [0, 0.05) is 36.1 Å². The monoisotopic (exact) mass is 708 g/mol. The normalized spacial score (nSPS) is 16.5. The molecular formula is C40H32N6O7. The number of non-ortho nitro benzene ring substituents is 1. The van der Waals surface area contributed by atoms with Gasteiger partial charge in [-0.2, -0.15) is 10.0 Å². The molecule has 8 rings (SSSR count). The molecule has 0 saturated carbocycles. The number of nitrogens with one attached hydrogen (secondary N) is 3. The highest BCUT2D eigenvalue weighted by Crippen LogP contribution is 2.39. The summed E-state index contributed by atoms with van der Waals surface area (Å²) in [5.74, 6) is -4.29. The number of nitro groups is 1. The lowest BCUT2D eigenvalue weighted by molar-refractivity contribution is -0.384. The molecule has 13 nitrogen and oxygen atoms in total. The third-order valence-electron chi connectivity index (χ3n) is 9.88. The summed E-state index contributed by atoms with van der Waals surface area (Å²) in [6.07, 6.45) is 5.54. The van der Waals surface area contributed by atoms with E-state index in [1.54, 1.807) is 30.3 Å². The van der Waals surface area contributed by atoms with Crippen molar-refractivity contribution in [2.75, 3.05) is 16.0 Å². The Morgan fingerprint density at radius 1 is 0.604 bits per heavy atom. The average molecular weight is 709 g/mol. The van der Waals surface area contributed by atoms with Crippen molar-refractivity contribution < 1.29 is 28.9 Å². The Morgan fingerprint density at radius 2 is 1.09 bits per heavy atom. The van der Waals surface area contributed by atoms with E-state index >= 15 is 0 Å². The Labute approximate surface area is 303 Å². The molecule has 53 heavy (non-hydrogen) atoms. The Bertz CT molecular complexity index is 2400. The number of rotatable bonds is 9. The Kier molecular flexibility index (Phi) is 8.17. The summed E-state index contributed by atoms with van der Waals surface area (Å²) in [4.78, 5) is 81.0. The predicted octanol–water partition coefficient (Wildman–Crippen LogP) is 5.53. The molecule has 4 aromatic rings. The van der Waals surface area contributed by atoms with E-state index in [0.29, 0.717) is 27.1 Å². The molecule has 2 heterocycles. The molecule has 13 heteroatoms. The van der Waals surface area contributed by atoms with Gasteiger partial charge >= 0.3 is 0 Å². The van der Waals surface area contributed by atoms with Crippen LogP contribution in [0.3, 0.4) is 0 Å². The average Bonchev–Trinajstić information content (AvgIpc) is 3.90. The third kappa shape index (κ3) is 5.91. The maximum atomic E-state index is 14.5. The van der Waals surface area contributed by atoms with E-state index in [-0.39, 0.29) is 45.3 Å². The fourth-order valence-corrected chi connectivity index (χ4v) is 7.49. The van der Waals surface area contributed by atoms with Crippen LogP contribution >= 0.6 is 0 Å². The first-order valence-corrected chi connectivity index (χ1v) is 17.2. The zero-order valence-electron chi connectivity index (χ0n) is 28.5. The van der Waals surface area contributed by atoms with Gasteiger partial charge in [0.2, 0.25) is 5.91 Å². The summed E-state index contributed by atoms with van der Waals surface area (Å²) in [5.41, 5.74) is 5.16. The largest absolute Gasteiger partial charge is 0.350 e. The molecule has 0 bridgehead atoms. The first-order chi connectivity index (χ1) is 25.6. The summed E-state index contributed by atoms with van der Waals surface area (Å²) in [5, 5.41) is 21.6. The molecule has 2 aliphatic heterocycles. The van der Waals surface area contributed by atoms with Crippen molar-refractivity contribution in [1.82, 2.24) is 10.0 Å². The number of nitrogens with zero attached hydrogens (tertiary/aromatic N) is 3. The van der Waals surface area contributed by atoms with Crippen LogP contribution in [-0.4, -0.2) is 44.5 Å². The van der Waals surface area contributed by atoms with Crippen LogP contribution < -0.4 is 16.0 Å². The minimum absolute atomic E-state index is 0.0514. The number of amides is 5. The molecule has 0 spiro atoms. The zero-order chi connectivity index (χ0) is 37.0. The molecule has 4 aromatic carbocycles. The number of hydrazine groups is 1. The molecular weight excluding hydrogens is 676 g/mol. The van der Waals surface area contributed by atoms with Gasteiger partial charge in [-0.15, -0.1) is 0 Å². The fraction of sp³-hybridized carbons (Fsp3) is 0.175. The topological polar surface area (TPSA) is 171 Å². The number of hydrogen-bond donors (Lipinski definition) is 3. The number of carbonyl (C=O) groups excluding carboxylic acids is 5. The number of carbonyl (C=O) groups is 5. The maximum Gasteiger partial charge on any atom is 0.297 e. The van der Waals surface area contributed by atoms with Crippen molar-refractivity contribution in [1.29, 1.82) is 0 Å². The van der Waals surface area contributed by atoms with Crippen molar-refractivity contribution in [2.24, 2.45) is 0 Å². The quantitative estimate of drug-likeness (QED) is 0.115. The molecule has 0 fully saturated rings. The highest BCUT2D eigenvalue weighted by Gasteiger charge is 2.52. The second kappa shape index (κ2) is 13.0. The fourth-order valence-electron chi connectivity index (χ4n) is 7.49. The van der Waals surface area contributed by atoms with Crippen LogP contribution in [0.25, 0.3) is 11.1 Å². The molecule has 0 atom stereocenters. The molecule has 4 aliphatic rings. The van der Waals surface area contributed by atoms with Crippen molar-refractivity contribution in [3.63, 3.8) is 0 Å². The second-order valence-corrected chi connectivity index (χ2v) is 13.3. The lowest BCUT2D eigenvalue weighted by atomic mass is 10.0. The molecule has 0 saturated heterocycles. The van der Waals surface area contributed by atoms with E-state index in [9.17, 15) is 34.1 Å². The number of hydrogen-bond acceptors (Lipinski definition) is 9. The van der Waals surface area contributed by atoms with Crippen molar-refractivity contribution in [3.8, 4) is 0 Å². The van der Waals surface area contributed by atoms with Crippen molar-refractivity contribution >= 4 is 63.4 Å². The van der Waals surface area contributed by atoms with Gasteiger partial charge in [-0.1, -0.05) is 36.4 Å². The zero-order valence-corrected chi connectivity index (χ0v) is 28.5. The van der Waals surface area contributed by atoms with Gasteiger partial charge in [0.15, 0.2) is 0 Å². The van der Waals surface area contributed by atoms with Gasteiger partial charge in [-0.25, -0.2) is 0 Å². The summed E-state index contributed by atoms with van der Waals surface area (Å²) in [6, 6.07) is 22.9. The minimum atomic E-state index is -1.02. The molecule has 264 valence electrons. The van der Waals surface area contributed by atoms with Crippen LogP contribution in [0.5, 0.6) is 0 Å². The van der Waals surface area contributed by atoms with E-state index in [2.05, 4.69) is 16.0 Å². The SMILES string of the molecule is CC(=O)Nc1cccc(C2=C(Nc3ccc4c(c3)CCC4)C(=O)N(N3C(=O)C(Nc4ccc5c(c4)CCC5)=C(c4cccc([N+](=O)[O-])c4)C3=O)C2=O)c1. The number of fused-ring (bicyclic) bond motifs is 2. The molecule has 5 amide bonds. The van der Waals surface area contributed by atoms with E-state index in [1.165, 1.54) is 48.4 Å². The number of imide groups is 2. The third-order valence-corrected chi connectivity index (χ3v) is 9.88. The highest BCUT2D eigenvalue weighted by molar-refractivity contribution is 6.42. The summed E-state index contributed by atoms with van der Waals surface area (Å²) in [6.45, 7) is 1.34. The Hall–Kier alpha value is -6.89. The molecule has 0 unspecified atom stereocenters. The van der Waals surface area contributed by atoms with Crippen LogP contribution in [0.1, 0.15) is 53.1 Å². The lowest BCUT2D eigenvalue weighted by Gasteiger charge is -2.25. The van der Waals surface area contributed by atoms with Crippen LogP contribution in [0.15, 0.2) is 96.3 Å². The van der Waals surface area contributed by atoms with Crippen LogP contribution in [0, 0.1) is 10.1 Å². The van der Waals surface area contributed by atoms with Crippen molar-refractivity contribution in [2.45, 2.75) is 45.4 Å². The molecule has 0 radical (unpaired) electrons. The molecule has 2 aliphatic carbocycles. The first kappa shape index (κ1) is 33.3. The van der Waals surface area contributed by atoms with Crippen LogP contribution in [0.4, 0.5) is 22.7 Å². The van der Waals surface area contributed by atoms with Gasteiger partial charge in [-0.05, 0) is 108 Å². The van der Waals surface area contributed by atoms with E-state index in [4.69, 9.17) is 0 Å². The minimum Gasteiger partial charge on any atom is -0.350 e. The van der Waals surface area contributed by atoms with Crippen molar-refractivity contribution in [3.05, 3.63) is 140 Å². The number of benzene rings is 4. The highest BCUT2D eigenvalue weighted by atomic mass is 16.6. The predicted molar refractivity (Wildman–Crippen MR) is 196 cm³/mol. The maximum absolute atomic E-state index is 14.5. The summed E-state index contributed by atoms with van der Waals surface area (Å²) < 4.78 is 0. The summed E-state index contributed by atoms with van der Waals surface area (Å²) in [7, 11) is 0. The number of nitro benzene ring substituents is 1. The standard InChI is InChI=1S/C40H32N6O7/c1-22(47)41-29-12-4-10-27(20-29)33-35(42-30-16-14-23-6-2-8-25(23)18-30)39(50)44(37(33)48)45-38(49)34(28-11-5-13-32(21-28)46(52)53)36(40(45)51)43-31-17-15-24-7-3-9-26(24)19-31/h4-5,10-21,42-43H,2-3,6-9H2,1H3,(H,41,47). The van der Waals surface area contributed by atoms with E-state index in [0.717, 1.165) is 49.7 Å². The van der Waals surface area contributed by atoms with Gasteiger partial charge in [-0.3, -0.25) is 34.1 Å². The first-order valence-electron chi connectivity index (χ1n) is 17.2. The smallest absolute Gasteiger partial charge is 0.297 e. The Balaban J connectivity index is 1.22. The summed E-state index contributed by atoms with van der Waals surface area (Å²) >= 11 is 0. The van der Waals surface area contributed by atoms with Gasteiger partial charge in [0.25, 0.3) is 29.3 Å². The van der Waals surface area contributed by atoms with E-state index < -0.39 is 28.6 Å². The second-order valence-electron chi connectivity index (χ2n) is 13.3. The van der Waals surface area contributed by atoms with Gasteiger partial charge < -0.3 is 16.0 Å².